The van der Waals surface area contributed by atoms with Crippen molar-refractivity contribution in [2.75, 3.05) is 25.6 Å². The Morgan fingerprint density at radius 1 is 0.923 bits per heavy atom. The smallest absolute Gasteiger partial charge is 0.162 e. The second-order valence-corrected chi connectivity index (χ2v) is 10.2. The molecular weight excluding hydrogens is 508 g/mol. The van der Waals surface area contributed by atoms with Crippen LogP contribution in [0.25, 0.3) is 28.2 Å². The van der Waals surface area contributed by atoms with Gasteiger partial charge >= 0.3 is 0 Å². The Labute approximate surface area is 231 Å². The van der Waals surface area contributed by atoms with Gasteiger partial charge in [-0.05, 0) is 73.4 Å². The summed E-state index contributed by atoms with van der Waals surface area (Å²) in [4.78, 5) is 0.624. The van der Waals surface area contributed by atoms with E-state index in [2.05, 4.69) is 34.1 Å². The largest absolute Gasteiger partial charge is 0.497 e. The highest BCUT2D eigenvalue weighted by molar-refractivity contribution is 7.81. The Morgan fingerprint density at radius 3 is 2.49 bits per heavy atom. The zero-order chi connectivity index (χ0) is 26.3. The van der Waals surface area contributed by atoms with Gasteiger partial charge in [0.25, 0.3) is 0 Å². The van der Waals surface area contributed by atoms with Gasteiger partial charge in [0.1, 0.15) is 35.3 Å². The first-order chi connectivity index (χ1) is 19.2. The molecule has 3 aromatic carbocycles. The molecule has 4 heterocycles. The van der Waals surface area contributed by atoms with E-state index in [9.17, 15) is 0 Å². The molecule has 8 heteroatoms. The van der Waals surface area contributed by atoms with Gasteiger partial charge in [-0.3, -0.25) is 0 Å². The first kappa shape index (κ1) is 23.8. The van der Waals surface area contributed by atoms with Crippen molar-refractivity contribution in [2.45, 2.75) is 25.8 Å². The van der Waals surface area contributed by atoms with Gasteiger partial charge in [0.15, 0.2) is 17.3 Å². The van der Waals surface area contributed by atoms with E-state index in [4.69, 9.17) is 31.5 Å². The van der Waals surface area contributed by atoms with Crippen molar-refractivity contribution in [3.05, 3.63) is 84.1 Å². The number of benzene rings is 3. The van der Waals surface area contributed by atoms with Gasteiger partial charge < -0.3 is 24.1 Å². The number of aromatic nitrogens is 3. The second-order valence-electron chi connectivity index (χ2n) is 9.78. The van der Waals surface area contributed by atoms with Crippen LogP contribution in [0.15, 0.2) is 72.8 Å². The van der Waals surface area contributed by atoms with Crippen molar-refractivity contribution >= 4 is 28.5 Å². The molecule has 0 unspecified atom stereocenters. The van der Waals surface area contributed by atoms with Gasteiger partial charge in [-0.2, -0.15) is 0 Å². The second kappa shape index (κ2) is 9.78. The maximum absolute atomic E-state index is 6.10. The molecule has 7 rings (SSSR count). The highest BCUT2D eigenvalue weighted by Crippen LogP contribution is 2.42. The van der Waals surface area contributed by atoms with Crippen molar-refractivity contribution in [2.24, 2.45) is 0 Å². The molecule has 5 aromatic rings. The first-order valence-corrected chi connectivity index (χ1v) is 13.7. The molecular formula is C31H28N4O3S. The molecule has 0 spiro atoms. The van der Waals surface area contributed by atoms with E-state index < -0.39 is 0 Å². The lowest BCUT2D eigenvalue weighted by Crippen LogP contribution is -2.16. The van der Waals surface area contributed by atoms with Gasteiger partial charge in [-0.15, -0.1) is 5.10 Å². The summed E-state index contributed by atoms with van der Waals surface area (Å²) in [5.74, 6) is 3.28. The van der Waals surface area contributed by atoms with Gasteiger partial charge in [-0.1, -0.05) is 36.5 Å². The van der Waals surface area contributed by atoms with Crippen LogP contribution in [0.2, 0.25) is 0 Å². The summed E-state index contributed by atoms with van der Waals surface area (Å²) in [7, 11) is 1.68. The van der Waals surface area contributed by atoms with Gasteiger partial charge in [0.05, 0.1) is 7.11 Å². The van der Waals surface area contributed by atoms with E-state index in [0.717, 1.165) is 82.6 Å². The summed E-state index contributed by atoms with van der Waals surface area (Å²) in [5, 5.41) is 8.67. The van der Waals surface area contributed by atoms with Crippen molar-refractivity contribution in [1.82, 2.24) is 14.2 Å². The van der Waals surface area contributed by atoms with Crippen molar-refractivity contribution in [1.29, 1.82) is 0 Å². The number of nitrogens with zero attached hydrogens (tertiary/aromatic N) is 3. The maximum atomic E-state index is 6.10. The summed E-state index contributed by atoms with van der Waals surface area (Å²) in [6.07, 6.45) is 3.10. The number of methoxy groups -OCH3 is 1. The molecule has 0 atom stereocenters. The van der Waals surface area contributed by atoms with Crippen molar-refractivity contribution in [3.63, 3.8) is 0 Å². The predicted octanol–water partition coefficient (Wildman–Crippen LogP) is 6.37. The van der Waals surface area contributed by atoms with E-state index in [1.54, 1.807) is 7.11 Å². The maximum Gasteiger partial charge on any atom is 0.162 e. The molecule has 7 nitrogen and oxygen atoms in total. The van der Waals surface area contributed by atoms with E-state index in [1.807, 2.05) is 53.0 Å². The third-order valence-corrected chi connectivity index (χ3v) is 7.71. The SMILES string of the molecule is COc1ccc(-c2nn3c(C(=S)Nc4ccccc4)c(-c4ccc5c(c4)OCCO5)c4c3n2CCCC4)cc1. The number of aryl methyl sites for hydroxylation is 2. The molecule has 2 aromatic heterocycles. The van der Waals surface area contributed by atoms with Crippen LogP contribution in [-0.2, 0) is 13.0 Å². The van der Waals surface area contributed by atoms with Crippen LogP contribution in [0, 0.1) is 0 Å². The predicted molar refractivity (Wildman–Crippen MR) is 156 cm³/mol. The zero-order valence-electron chi connectivity index (χ0n) is 21.6. The summed E-state index contributed by atoms with van der Waals surface area (Å²) < 4.78 is 21.6. The number of thiocarbonyl (C=S) groups is 1. The minimum atomic E-state index is 0.541. The fraction of sp³-hybridized carbons (Fsp3) is 0.226. The number of para-hydroxylation sites is 1. The van der Waals surface area contributed by atoms with Crippen LogP contribution in [-0.4, -0.2) is 39.5 Å². The Kier molecular flexibility index (Phi) is 5.97. The Hall–Kier alpha value is -4.30. The van der Waals surface area contributed by atoms with Crippen LogP contribution >= 0.6 is 12.2 Å². The van der Waals surface area contributed by atoms with E-state index in [0.29, 0.717) is 18.2 Å². The first-order valence-electron chi connectivity index (χ1n) is 13.3. The standard InChI is InChI=1S/C31H28N4O3S/c1-36-23-13-10-20(11-14-23)29-33-35-28(30(39)32-22-7-3-2-4-8-22)27(24-9-5-6-16-34(29)31(24)35)21-12-15-25-26(19-21)38-18-17-37-25/h2-4,7-8,10-15,19H,5-6,9,16-18H2,1H3,(H,32,39). The van der Waals surface area contributed by atoms with Crippen LogP contribution in [0.5, 0.6) is 17.2 Å². The highest BCUT2D eigenvalue weighted by atomic mass is 32.1. The number of anilines is 1. The monoisotopic (exact) mass is 536 g/mol. The number of hydrogen-bond acceptors (Lipinski definition) is 5. The van der Waals surface area contributed by atoms with Crippen LogP contribution < -0.4 is 19.5 Å². The molecule has 196 valence electrons. The van der Waals surface area contributed by atoms with Crippen molar-refractivity contribution < 1.29 is 14.2 Å². The minimum absolute atomic E-state index is 0.541. The molecule has 39 heavy (non-hydrogen) atoms. The third-order valence-electron chi connectivity index (χ3n) is 7.41. The molecule has 0 saturated heterocycles. The molecule has 0 bridgehead atoms. The number of fused-ring (bicyclic) bond motifs is 1. The number of rotatable bonds is 5. The lowest BCUT2D eigenvalue weighted by Gasteiger charge is -2.19. The molecule has 0 radical (unpaired) electrons. The van der Waals surface area contributed by atoms with E-state index >= 15 is 0 Å². The Balaban J connectivity index is 1.46. The average molecular weight is 537 g/mol. The minimum Gasteiger partial charge on any atom is -0.497 e. The lowest BCUT2D eigenvalue weighted by molar-refractivity contribution is 0.171. The summed E-state index contributed by atoms with van der Waals surface area (Å²) in [6.45, 7) is 1.99. The van der Waals surface area contributed by atoms with Crippen LogP contribution in [0.1, 0.15) is 24.1 Å². The molecule has 0 fully saturated rings. The van der Waals surface area contributed by atoms with Gasteiger partial charge in [0, 0.05) is 28.9 Å². The molecule has 1 N–H and O–H groups in total. The zero-order valence-corrected chi connectivity index (χ0v) is 22.5. The molecule has 0 aliphatic carbocycles. The highest BCUT2D eigenvalue weighted by Gasteiger charge is 2.30. The quantitative estimate of drug-likeness (QED) is 0.263. The molecule has 2 aliphatic rings. The molecule has 2 aliphatic heterocycles. The van der Waals surface area contributed by atoms with Crippen molar-refractivity contribution in [3.8, 4) is 39.8 Å². The number of nitrogens with one attached hydrogen (secondary N) is 1. The van der Waals surface area contributed by atoms with Gasteiger partial charge in [-0.25, -0.2) is 4.52 Å². The molecule has 0 saturated carbocycles. The van der Waals surface area contributed by atoms with E-state index in [1.165, 1.54) is 5.56 Å². The van der Waals surface area contributed by atoms with Crippen LogP contribution in [0.3, 0.4) is 0 Å². The summed E-state index contributed by atoms with van der Waals surface area (Å²) in [6, 6.07) is 24.3. The fourth-order valence-corrected chi connectivity index (χ4v) is 5.93. The number of hydrogen-bond donors (Lipinski definition) is 1. The summed E-state index contributed by atoms with van der Waals surface area (Å²) >= 11 is 6.10. The normalized spacial score (nSPS) is 14.2. The topological polar surface area (TPSA) is 62.0 Å². The van der Waals surface area contributed by atoms with E-state index in [-0.39, 0.29) is 0 Å². The Morgan fingerprint density at radius 2 is 1.69 bits per heavy atom. The third kappa shape index (κ3) is 4.12. The average Bonchev–Trinajstić information content (AvgIpc) is 3.40. The number of ether oxygens (including phenoxy) is 3. The van der Waals surface area contributed by atoms with Gasteiger partial charge in [0.2, 0.25) is 0 Å². The lowest BCUT2D eigenvalue weighted by atomic mass is 9.97. The molecule has 0 amide bonds. The summed E-state index contributed by atoms with van der Waals surface area (Å²) in [5.41, 5.74) is 7.35. The fourth-order valence-electron chi connectivity index (χ4n) is 5.62. The Bertz CT molecular complexity index is 1690. The van der Waals surface area contributed by atoms with Crippen LogP contribution in [0.4, 0.5) is 5.69 Å².